The summed E-state index contributed by atoms with van der Waals surface area (Å²) < 4.78 is 0. The molecule has 0 atom stereocenters. The maximum absolute atomic E-state index is 13.8. The molecule has 2 aliphatic rings. The molecule has 0 saturated heterocycles. The first-order chi connectivity index (χ1) is 19.8. The van der Waals surface area contributed by atoms with Crippen LogP contribution in [0.5, 0.6) is 0 Å². The number of anilines is 3. The van der Waals surface area contributed by atoms with Crippen LogP contribution in [0.25, 0.3) is 22.3 Å². The zero-order valence-corrected chi connectivity index (χ0v) is 21.8. The van der Waals surface area contributed by atoms with Crippen LogP contribution in [-0.4, -0.2) is 12.5 Å². The fraction of sp³-hybridized carbons (Fsp3) is 0. The molecule has 0 saturated carbocycles. The highest BCUT2D eigenvalue weighted by atomic mass is 16.1. The number of rotatable bonds is 3. The predicted octanol–water partition coefficient (Wildman–Crippen LogP) is 6.86. The van der Waals surface area contributed by atoms with Crippen LogP contribution in [-0.2, 0) is 0 Å². The normalized spacial score (nSPS) is 12.9. The van der Waals surface area contributed by atoms with E-state index in [9.17, 15) is 4.79 Å². The van der Waals surface area contributed by atoms with Gasteiger partial charge in [-0.15, -0.1) is 0 Å². The molecule has 0 fully saturated rings. The maximum atomic E-state index is 13.8. The van der Waals surface area contributed by atoms with Crippen LogP contribution in [0.4, 0.5) is 17.1 Å². The Hall–Kier alpha value is -5.15. The van der Waals surface area contributed by atoms with Crippen molar-refractivity contribution in [2.24, 2.45) is 0 Å². The third-order valence-electron chi connectivity index (χ3n) is 8.30. The minimum atomic E-state index is 0.0968. The van der Waals surface area contributed by atoms with E-state index >= 15 is 0 Å². The molecule has 186 valence electrons. The van der Waals surface area contributed by atoms with Gasteiger partial charge in [-0.2, -0.15) is 0 Å². The Bertz CT molecular complexity index is 1900. The quantitative estimate of drug-likeness (QED) is 0.243. The van der Waals surface area contributed by atoms with Crippen molar-refractivity contribution in [2.75, 3.05) is 4.90 Å². The smallest absolute Gasteiger partial charge is 0.246 e. The molecule has 0 N–H and O–H groups in total. The monoisotopic (exact) mass is 509 g/mol. The van der Waals surface area contributed by atoms with Crippen LogP contribution in [0, 0.1) is 0 Å². The zero-order valence-electron chi connectivity index (χ0n) is 21.8. The van der Waals surface area contributed by atoms with Gasteiger partial charge in [-0.1, -0.05) is 133 Å². The van der Waals surface area contributed by atoms with Crippen LogP contribution >= 0.6 is 0 Å². The first-order valence-electron chi connectivity index (χ1n) is 13.7. The highest BCUT2D eigenvalue weighted by molar-refractivity contribution is 6.98. The summed E-state index contributed by atoms with van der Waals surface area (Å²) in [5.41, 5.74) is 12.8. The van der Waals surface area contributed by atoms with Crippen LogP contribution in [0.15, 0.2) is 146 Å². The Balaban J connectivity index is 1.37. The van der Waals surface area contributed by atoms with E-state index in [1.54, 1.807) is 0 Å². The number of ketones is 1. The first-order valence-corrected chi connectivity index (χ1v) is 13.7. The van der Waals surface area contributed by atoms with Crippen LogP contribution in [0.2, 0.25) is 0 Å². The molecule has 1 heterocycles. The van der Waals surface area contributed by atoms with Gasteiger partial charge in [0.05, 0.1) is 5.69 Å². The molecule has 0 unspecified atom stereocenters. The average Bonchev–Trinajstić information content (AvgIpc) is 3.32. The standard InChI is InChI=1S/C37H24BNO/c40-37-30-17-5-4-15-26(30)28-18-12-19-29(36(28)37)27-16-6-9-22-33(27)39-34-23-10-7-20-31(34)38(25-13-2-1-3-14-25)32-21-8-11-24-35(32)39/h1-24H. The Morgan fingerprint density at radius 3 is 1.55 bits per heavy atom. The summed E-state index contributed by atoms with van der Waals surface area (Å²) in [7, 11) is 0. The van der Waals surface area contributed by atoms with Crippen molar-refractivity contribution < 1.29 is 4.79 Å². The highest BCUT2D eigenvalue weighted by Crippen LogP contribution is 2.46. The second-order valence-electron chi connectivity index (χ2n) is 10.4. The van der Waals surface area contributed by atoms with Crippen molar-refractivity contribution in [3.63, 3.8) is 0 Å². The van der Waals surface area contributed by atoms with Crippen LogP contribution in [0.1, 0.15) is 15.9 Å². The van der Waals surface area contributed by atoms with Gasteiger partial charge < -0.3 is 4.90 Å². The van der Waals surface area contributed by atoms with Crippen molar-refractivity contribution in [2.45, 2.75) is 0 Å². The number of benzene rings is 6. The summed E-state index contributed by atoms with van der Waals surface area (Å²) in [6, 6.07) is 50.8. The topological polar surface area (TPSA) is 20.3 Å². The van der Waals surface area contributed by atoms with Gasteiger partial charge >= 0.3 is 0 Å². The molecular formula is C37H24BNO. The molecule has 0 bridgehead atoms. The molecule has 0 amide bonds. The third-order valence-corrected chi connectivity index (χ3v) is 8.30. The SMILES string of the molecule is O=C1c2ccccc2-c2cccc(-c3ccccc3N3c4ccccc4B(c4ccccc4)c4ccccc43)c21. The summed E-state index contributed by atoms with van der Waals surface area (Å²) in [4.78, 5) is 16.1. The van der Waals surface area contributed by atoms with E-state index in [-0.39, 0.29) is 12.5 Å². The van der Waals surface area contributed by atoms with Gasteiger partial charge in [0.2, 0.25) is 6.71 Å². The van der Waals surface area contributed by atoms with E-state index in [2.05, 4.69) is 132 Å². The summed E-state index contributed by atoms with van der Waals surface area (Å²) in [6.07, 6.45) is 0. The number of carbonyl (C=O) groups is 1. The lowest BCUT2D eigenvalue weighted by Crippen LogP contribution is -2.57. The maximum Gasteiger partial charge on any atom is 0.246 e. The molecule has 40 heavy (non-hydrogen) atoms. The lowest BCUT2D eigenvalue weighted by Gasteiger charge is -2.38. The van der Waals surface area contributed by atoms with E-state index in [1.807, 2.05) is 18.2 Å². The van der Waals surface area contributed by atoms with Gasteiger partial charge in [0.25, 0.3) is 0 Å². The number of carbonyl (C=O) groups excluding carboxylic acids is 1. The Kier molecular flexibility index (Phi) is 5.11. The number of hydrogen-bond acceptors (Lipinski definition) is 2. The molecule has 1 aliphatic carbocycles. The second-order valence-corrected chi connectivity index (χ2v) is 10.4. The Labute approximate surface area is 234 Å². The van der Waals surface area contributed by atoms with Crippen molar-refractivity contribution in [1.82, 2.24) is 0 Å². The zero-order chi connectivity index (χ0) is 26.6. The Morgan fingerprint density at radius 2 is 0.875 bits per heavy atom. The van der Waals surface area contributed by atoms with E-state index in [1.165, 1.54) is 16.4 Å². The van der Waals surface area contributed by atoms with Crippen LogP contribution < -0.4 is 21.3 Å². The minimum Gasteiger partial charge on any atom is -0.311 e. The molecule has 0 aromatic heterocycles. The number of hydrogen-bond donors (Lipinski definition) is 0. The van der Waals surface area contributed by atoms with Gasteiger partial charge in [0.1, 0.15) is 0 Å². The van der Waals surface area contributed by atoms with Crippen LogP contribution in [0.3, 0.4) is 0 Å². The predicted molar refractivity (Wildman–Crippen MR) is 167 cm³/mol. The van der Waals surface area contributed by atoms with Gasteiger partial charge in [0, 0.05) is 28.1 Å². The van der Waals surface area contributed by atoms with Gasteiger partial charge in [-0.25, -0.2) is 0 Å². The van der Waals surface area contributed by atoms with E-state index in [0.717, 1.165) is 50.4 Å². The van der Waals surface area contributed by atoms with Gasteiger partial charge in [-0.3, -0.25) is 4.79 Å². The highest BCUT2D eigenvalue weighted by Gasteiger charge is 2.36. The first kappa shape index (κ1) is 22.8. The fourth-order valence-corrected chi connectivity index (χ4v) is 6.62. The lowest BCUT2D eigenvalue weighted by atomic mass is 9.35. The largest absolute Gasteiger partial charge is 0.311 e. The minimum absolute atomic E-state index is 0.0968. The van der Waals surface area contributed by atoms with Crippen molar-refractivity contribution in [3.8, 4) is 22.3 Å². The van der Waals surface area contributed by atoms with Crippen molar-refractivity contribution >= 4 is 45.9 Å². The molecular weight excluding hydrogens is 485 g/mol. The summed E-state index contributed by atoms with van der Waals surface area (Å²) in [5, 5.41) is 0. The number of nitrogens with zero attached hydrogens (tertiary/aromatic N) is 1. The third kappa shape index (κ3) is 3.28. The summed E-state index contributed by atoms with van der Waals surface area (Å²) in [5.74, 6) is 0.0968. The second kappa shape index (κ2) is 8.96. The molecule has 6 aromatic rings. The molecule has 2 nitrogen and oxygen atoms in total. The van der Waals surface area contributed by atoms with Gasteiger partial charge in [0.15, 0.2) is 5.78 Å². The van der Waals surface area contributed by atoms with Crippen molar-refractivity contribution in [1.29, 1.82) is 0 Å². The van der Waals surface area contributed by atoms with Crippen molar-refractivity contribution in [3.05, 3.63) is 157 Å². The lowest BCUT2D eigenvalue weighted by molar-refractivity contribution is 0.104. The molecule has 3 heteroatoms. The average molecular weight is 509 g/mol. The molecule has 0 spiro atoms. The van der Waals surface area contributed by atoms with E-state index in [4.69, 9.17) is 0 Å². The Morgan fingerprint density at radius 1 is 0.400 bits per heavy atom. The van der Waals surface area contributed by atoms with E-state index in [0.29, 0.717) is 0 Å². The molecule has 1 aliphatic heterocycles. The molecule has 0 radical (unpaired) electrons. The fourth-order valence-electron chi connectivity index (χ4n) is 6.62. The molecule has 8 rings (SSSR count). The summed E-state index contributed by atoms with van der Waals surface area (Å²) >= 11 is 0. The number of para-hydroxylation sites is 3. The molecule has 6 aromatic carbocycles. The van der Waals surface area contributed by atoms with E-state index < -0.39 is 0 Å². The van der Waals surface area contributed by atoms with Gasteiger partial charge in [-0.05, 0) is 45.8 Å². The number of fused-ring (bicyclic) bond motifs is 5. The summed E-state index contributed by atoms with van der Waals surface area (Å²) in [6.45, 7) is 0.133.